The minimum absolute atomic E-state index is 0.348. The van der Waals surface area contributed by atoms with Crippen LogP contribution in [0.2, 0.25) is 0 Å². The van der Waals surface area contributed by atoms with E-state index in [0.29, 0.717) is 5.54 Å². The lowest BCUT2D eigenvalue weighted by atomic mass is 9.89. The zero-order valence-corrected chi connectivity index (χ0v) is 14.4. The van der Waals surface area contributed by atoms with Crippen LogP contribution >= 0.6 is 15.9 Å². The first-order chi connectivity index (χ1) is 10.1. The van der Waals surface area contributed by atoms with Crippen molar-refractivity contribution in [1.29, 1.82) is 0 Å². The number of nitrogens with one attached hydrogen (secondary N) is 1. The summed E-state index contributed by atoms with van der Waals surface area (Å²) in [4.78, 5) is 2.77. The van der Waals surface area contributed by atoms with Crippen molar-refractivity contribution in [3.05, 3.63) is 34.3 Å². The third-order valence-corrected chi connectivity index (χ3v) is 6.19. The van der Waals surface area contributed by atoms with Gasteiger partial charge < -0.3 is 5.32 Å². The molecule has 114 valence electrons. The fourth-order valence-electron chi connectivity index (χ4n) is 4.00. The quantitative estimate of drug-likeness (QED) is 0.890. The molecule has 0 amide bonds. The molecule has 0 bridgehead atoms. The summed E-state index contributed by atoms with van der Waals surface area (Å²) in [5.74, 6) is 1.85. The molecule has 3 fully saturated rings. The highest BCUT2D eigenvalue weighted by Gasteiger charge is 2.48. The van der Waals surface area contributed by atoms with Crippen molar-refractivity contribution in [1.82, 2.24) is 10.2 Å². The first-order valence-corrected chi connectivity index (χ1v) is 9.17. The van der Waals surface area contributed by atoms with Gasteiger partial charge in [-0.25, -0.2) is 0 Å². The van der Waals surface area contributed by atoms with Gasteiger partial charge in [0, 0.05) is 35.7 Å². The Morgan fingerprint density at radius 1 is 1.19 bits per heavy atom. The number of nitrogens with zero attached hydrogens (tertiary/aromatic N) is 1. The monoisotopic (exact) mass is 348 g/mol. The van der Waals surface area contributed by atoms with E-state index < -0.39 is 0 Å². The van der Waals surface area contributed by atoms with Gasteiger partial charge in [0.15, 0.2) is 0 Å². The molecular weight excluding hydrogens is 324 g/mol. The van der Waals surface area contributed by atoms with Crippen LogP contribution in [0.3, 0.4) is 0 Å². The van der Waals surface area contributed by atoms with Gasteiger partial charge in [0.2, 0.25) is 0 Å². The lowest BCUT2D eigenvalue weighted by Crippen LogP contribution is -2.64. The van der Waals surface area contributed by atoms with E-state index in [-0.39, 0.29) is 0 Å². The van der Waals surface area contributed by atoms with Crippen molar-refractivity contribution >= 4 is 15.9 Å². The molecule has 1 aromatic rings. The number of halogens is 1. The number of benzene rings is 1. The minimum atomic E-state index is 0.348. The molecule has 2 atom stereocenters. The first kappa shape index (κ1) is 14.2. The van der Waals surface area contributed by atoms with Crippen molar-refractivity contribution < 1.29 is 0 Å². The summed E-state index contributed by atoms with van der Waals surface area (Å²) >= 11 is 3.54. The van der Waals surface area contributed by atoms with E-state index in [1.54, 1.807) is 0 Å². The number of hydrogen-bond donors (Lipinski definition) is 1. The molecule has 2 nitrogen and oxygen atoms in total. The Balaban J connectivity index is 1.51. The zero-order chi connectivity index (χ0) is 14.4. The molecule has 0 aromatic heterocycles. The van der Waals surface area contributed by atoms with Gasteiger partial charge >= 0.3 is 0 Å². The zero-order valence-electron chi connectivity index (χ0n) is 12.8. The molecule has 2 aliphatic carbocycles. The predicted octanol–water partition coefficient (Wildman–Crippen LogP) is 3.80. The predicted molar refractivity (Wildman–Crippen MR) is 90.2 cm³/mol. The molecule has 1 N–H and O–H groups in total. The van der Waals surface area contributed by atoms with E-state index in [0.717, 1.165) is 24.4 Å². The maximum atomic E-state index is 3.90. The number of piperazine rings is 1. The summed E-state index contributed by atoms with van der Waals surface area (Å²) in [6, 6.07) is 9.63. The fraction of sp³-hybridized carbons (Fsp3) is 0.667. The van der Waals surface area contributed by atoms with Crippen molar-refractivity contribution in [3.63, 3.8) is 0 Å². The molecule has 0 radical (unpaired) electrons. The second-order valence-electron chi connectivity index (χ2n) is 7.51. The molecule has 1 aromatic carbocycles. The highest BCUT2D eigenvalue weighted by Crippen LogP contribution is 2.44. The Morgan fingerprint density at radius 2 is 1.90 bits per heavy atom. The summed E-state index contributed by atoms with van der Waals surface area (Å²) in [5, 5.41) is 3.90. The van der Waals surface area contributed by atoms with Crippen LogP contribution < -0.4 is 5.32 Å². The summed E-state index contributed by atoms with van der Waals surface area (Å²) in [6.07, 6.45) is 5.71. The highest BCUT2D eigenvalue weighted by molar-refractivity contribution is 9.10. The van der Waals surface area contributed by atoms with Gasteiger partial charge in [-0.15, -0.1) is 0 Å². The van der Waals surface area contributed by atoms with Crippen LogP contribution in [-0.4, -0.2) is 29.6 Å². The Bertz CT molecular complexity index is 506. The molecule has 3 aliphatic rings. The average Bonchev–Trinajstić information content (AvgIpc) is 3.34. The molecule has 2 saturated carbocycles. The maximum absolute atomic E-state index is 3.90. The Kier molecular flexibility index (Phi) is 3.63. The van der Waals surface area contributed by atoms with Crippen LogP contribution in [0, 0.1) is 11.8 Å². The van der Waals surface area contributed by atoms with Gasteiger partial charge in [0.1, 0.15) is 0 Å². The molecular formula is C18H25BrN2. The van der Waals surface area contributed by atoms with E-state index >= 15 is 0 Å². The van der Waals surface area contributed by atoms with E-state index in [4.69, 9.17) is 0 Å². The van der Waals surface area contributed by atoms with Crippen LogP contribution in [0.1, 0.15) is 38.2 Å². The summed E-state index contributed by atoms with van der Waals surface area (Å²) in [7, 11) is 0. The van der Waals surface area contributed by atoms with Gasteiger partial charge in [0.25, 0.3) is 0 Å². The Hall–Kier alpha value is -0.380. The van der Waals surface area contributed by atoms with Gasteiger partial charge in [-0.05, 0) is 62.1 Å². The average molecular weight is 349 g/mol. The molecule has 2 unspecified atom stereocenters. The van der Waals surface area contributed by atoms with Crippen molar-refractivity contribution in [3.8, 4) is 0 Å². The summed E-state index contributed by atoms with van der Waals surface area (Å²) in [5.41, 5.74) is 1.80. The SMILES string of the molecule is CC1(C2CC2)CN(Cc2ccc(Br)cc2)C(C2CC2)CN1. The lowest BCUT2D eigenvalue weighted by Gasteiger charge is -2.47. The van der Waals surface area contributed by atoms with Gasteiger partial charge in [-0.3, -0.25) is 4.90 Å². The minimum Gasteiger partial charge on any atom is -0.308 e. The summed E-state index contributed by atoms with van der Waals surface area (Å²) < 4.78 is 1.17. The maximum Gasteiger partial charge on any atom is 0.0309 e. The topological polar surface area (TPSA) is 15.3 Å². The Labute approximate surface area is 136 Å². The van der Waals surface area contributed by atoms with E-state index in [2.05, 4.69) is 57.3 Å². The van der Waals surface area contributed by atoms with Crippen LogP contribution in [0.5, 0.6) is 0 Å². The van der Waals surface area contributed by atoms with Crippen molar-refractivity contribution in [2.24, 2.45) is 11.8 Å². The second-order valence-corrected chi connectivity index (χ2v) is 8.42. The van der Waals surface area contributed by atoms with Crippen LogP contribution in [0.25, 0.3) is 0 Å². The standard InChI is InChI=1S/C18H25BrN2/c1-18(15-6-7-15)12-21(17(10-20-18)14-4-5-14)11-13-2-8-16(19)9-3-13/h2-3,8-9,14-15,17,20H,4-7,10-12H2,1H3. The van der Waals surface area contributed by atoms with Crippen molar-refractivity contribution in [2.45, 2.75) is 50.7 Å². The molecule has 1 aliphatic heterocycles. The van der Waals surface area contributed by atoms with Gasteiger partial charge in [-0.2, -0.15) is 0 Å². The lowest BCUT2D eigenvalue weighted by molar-refractivity contribution is 0.0578. The van der Waals surface area contributed by atoms with Gasteiger partial charge in [-0.1, -0.05) is 28.1 Å². The highest BCUT2D eigenvalue weighted by atomic mass is 79.9. The molecule has 0 spiro atoms. The second kappa shape index (κ2) is 5.36. The summed E-state index contributed by atoms with van der Waals surface area (Å²) in [6.45, 7) is 5.96. The smallest absolute Gasteiger partial charge is 0.0309 e. The number of rotatable bonds is 4. The van der Waals surface area contributed by atoms with Crippen LogP contribution in [0.4, 0.5) is 0 Å². The number of hydrogen-bond acceptors (Lipinski definition) is 2. The molecule has 3 heteroatoms. The van der Waals surface area contributed by atoms with E-state index in [1.807, 2.05) is 0 Å². The third-order valence-electron chi connectivity index (χ3n) is 5.66. The molecule has 4 rings (SSSR count). The molecule has 1 saturated heterocycles. The molecule has 1 heterocycles. The normalized spacial score (nSPS) is 34.1. The third kappa shape index (κ3) is 3.06. The molecule has 21 heavy (non-hydrogen) atoms. The van der Waals surface area contributed by atoms with Crippen LogP contribution in [-0.2, 0) is 6.54 Å². The fourth-order valence-corrected chi connectivity index (χ4v) is 4.26. The van der Waals surface area contributed by atoms with E-state index in [9.17, 15) is 0 Å². The Morgan fingerprint density at radius 3 is 2.52 bits per heavy atom. The largest absolute Gasteiger partial charge is 0.308 e. The van der Waals surface area contributed by atoms with Crippen molar-refractivity contribution in [2.75, 3.05) is 13.1 Å². The van der Waals surface area contributed by atoms with Crippen LogP contribution in [0.15, 0.2) is 28.7 Å². The first-order valence-electron chi connectivity index (χ1n) is 8.37. The van der Waals surface area contributed by atoms with Gasteiger partial charge in [0.05, 0.1) is 0 Å². The van der Waals surface area contributed by atoms with E-state index in [1.165, 1.54) is 48.8 Å².